The Balaban J connectivity index is 1.65. The van der Waals surface area contributed by atoms with Crippen molar-refractivity contribution in [3.8, 4) is 0 Å². The third-order valence-electron chi connectivity index (χ3n) is 13.6. The van der Waals surface area contributed by atoms with Crippen molar-refractivity contribution in [2.75, 3.05) is 89.5 Å². The predicted molar refractivity (Wildman–Crippen MR) is 286 cm³/mol. The van der Waals surface area contributed by atoms with Crippen LogP contribution in [0.3, 0.4) is 0 Å². The zero-order valence-electron chi connectivity index (χ0n) is 44.1. The molecule has 4 rings (SSSR count). The lowest BCUT2D eigenvalue weighted by Crippen LogP contribution is -2.32. The molecule has 0 saturated heterocycles. The van der Waals surface area contributed by atoms with E-state index in [4.69, 9.17) is 28.8 Å². The maximum atomic E-state index is 12.4. The van der Waals surface area contributed by atoms with Gasteiger partial charge in [-0.3, -0.25) is 9.35 Å². The highest BCUT2D eigenvalue weighted by atomic mass is 32.2. The fraction of sp³-hybridized carbons (Fsp3) is 0.566. The first kappa shape index (κ1) is 65.4. The summed E-state index contributed by atoms with van der Waals surface area (Å²) in [6, 6.07) is 8.21. The molecule has 24 heteroatoms. The van der Waals surface area contributed by atoms with Gasteiger partial charge < -0.3 is 47.3 Å². The minimum Gasteiger partial charge on any atom is -0.748 e. The van der Waals surface area contributed by atoms with Gasteiger partial charge >= 0.3 is 5.97 Å². The summed E-state index contributed by atoms with van der Waals surface area (Å²) < 4.78 is 169. The summed E-state index contributed by atoms with van der Waals surface area (Å²) in [7, 11) is -17.2. The van der Waals surface area contributed by atoms with Gasteiger partial charge in [0, 0.05) is 54.6 Å². The zero-order chi connectivity index (χ0) is 56.8. The van der Waals surface area contributed by atoms with Gasteiger partial charge in [-0.1, -0.05) is 80.7 Å². The molecule has 2 atom stereocenters. The van der Waals surface area contributed by atoms with Gasteiger partial charge in [-0.25, -0.2) is 25.3 Å². The van der Waals surface area contributed by atoms with Gasteiger partial charge in [0.1, 0.15) is 20.2 Å². The summed E-state index contributed by atoms with van der Waals surface area (Å²) in [5.41, 5.74) is 2.85. The molecule has 0 spiro atoms. The minimum absolute atomic E-state index is 0.0136. The summed E-state index contributed by atoms with van der Waals surface area (Å²) in [6.45, 7) is 7.11. The second kappa shape index (κ2) is 31.0. The predicted octanol–water partition coefficient (Wildman–Crippen LogP) is 6.85. The molecule has 2 aromatic carbocycles. The zero-order valence-corrected chi connectivity index (χ0v) is 47.4. The molecular formula is C53H74NO19S4-3. The number of benzene rings is 2. The van der Waals surface area contributed by atoms with E-state index in [0.29, 0.717) is 94.4 Å². The second-order valence-electron chi connectivity index (χ2n) is 19.3. The Kier molecular flexibility index (Phi) is 26.3. The Labute approximate surface area is 455 Å². The second-order valence-corrected chi connectivity index (χ2v) is 25.2. The normalized spacial score (nSPS) is 18.9. The lowest BCUT2D eigenvalue weighted by molar-refractivity contribution is -0.137. The first-order chi connectivity index (χ1) is 36.3. The number of carboxylic acids is 1. The Bertz CT molecular complexity index is 2880. The fourth-order valence-electron chi connectivity index (χ4n) is 9.73. The van der Waals surface area contributed by atoms with Crippen molar-refractivity contribution < 1.29 is 85.5 Å². The van der Waals surface area contributed by atoms with Gasteiger partial charge in [0.2, 0.25) is 0 Å². The smallest absolute Gasteiger partial charge is 0.303 e. The Hall–Kier alpha value is -4.15. The number of allylic oxidation sites excluding steroid dienone is 10. The van der Waals surface area contributed by atoms with Crippen LogP contribution in [0.2, 0.25) is 0 Å². The van der Waals surface area contributed by atoms with E-state index in [9.17, 15) is 56.7 Å². The number of carboxylic acid groups (broad SMARTS) is 1. The summed E-state index contributed by atoms with van der Waals surface area (Å²) in [5, 5.41) is 9.02. The molecule has 0 saturated carbocycles. The highest BCUT2D eigenvalue weighted by molar-refractivity contribution is 7.86. The number of methoxy groups -OCH3 is 1. The maximum Gasteiger partial charge on any atom is 0.303 e. The van der Waals surface area contributed by atoms with Crippen LogP contribution in [0.5, 0.6) is 0 Å². The van der Waals surface area contributed by atoms with Crippen molar-refractivity contribution in [1.29, 1.82) is 0 Å². The Morgan fingerprint density at radius 3 is 1.77 bits per heavy atom. The molecule has 2 N–H and O–H groups in total. The molecule has 2 aromatic rings. The Morgan fingerprint density at radius 2 is 1.18 bits per heavy atom. The van der Waals surface area contributed by atoms with Gasteiger partial charge in [-0.2, -0.15) is 8.42 Å². The van der Waals surface area contributed by atoms with E-state index in [1.807, 2.05) is 19.1 Å². The van der Waals surface area contributed by atoms with Crippen molar-refractivity contribution in [2.45, 2.75) is 118 Å². The summed E-state index contributed by atoms with van der Waals surface area (Å²) in [5.74, 6) is -2.13. The van der Waals surface area contributed by atoms with Gasteiger partial charge in [0.15, 0.2) is 0 Å². The SMILES string of the molecule is COCCOCCOCCOCCOCCC1(C)C(/C=C/C=C/C=C/C=C2/N(CCCS(=O)(=O)O)c3ccc(S(=O)(=O)[O-])cc3C2(C)CCCS(=O)(=O)[O-])=C(CCCCCCCCC(=O)O)Cc2ccc(S(=O)(=O)[O-])cc21. The lowest BCUT2D eigenvalue weighted by Gasteiger charge is -2.40. The number of anilines is 1. The van der Waals surface area contributed by atoms with E-state index in [1.165, 1.54) is 24.3 Å². The molecule has 1 aliphatic heterocycles. The van der Waals surface area contributed by atoms with Crippen molar-refractivity contribution in [2.24, 2.45) is 0 Å². The van der Waals surface area contributed by atoms with E-state index in [-0.39, 0.29) is 50.3 Å². The van der Waals surface area contributed by atoms with Crippen molar-refractivity contribution in [3.05, 3.63) is 112 Å². The molecule has 0 aromatic heterocycles. The van der Waals surface area contributed by atoms with E-state index >= 15 is 0 Å². The van der Waals surface area contributed by atoms with E-state index in [2.05, 4.69) is 0 Å². The fourth-order valence-corrected chi connectivity index (χ4v) is 11.7. The molecule has 1 heterocycles. The number of unbranched alkanes of at least 4 members (excludes halogenated alkanes) is 5. The first-order valence-electron chi connectivity index (χ1n) is 25.6. The Morgan fingerprint density at radius 1 is 0.636 bits per heavy atom. The molecule has 1 aliphatic carbocycles. The van der Waals surface area contributed by atoms with Crippen molar-refractivity contribution in [1.82, 2.24) is 0 Å². The van der Waals surface area contributed by atoms with Crippen LogP contribution < -0.4 is 4.90 Å². The summed E-state index contributed by atoms with van der Waals surface area (Å²) in [4.78, 5) is 11.8. The molecule has 2 unspecified atom stereocenters. The number of hydrogen-bond acceptors (Lipinski definition) is 18. The van der Waals surface area contributed by atoms with E-state index < -0.39 is 73.7 Å². The van der Waals surface area contributed by atoms with Crippen LogP contribution >= 0.6 is 0 Å². The quantitative estimate of drug-likeness (QED) is 0.0394. The van der Waals surface area contributed by atoms with Gasteiger partial charge in [0.05, 0.1) is 78.5 Å². The van der Waals surface area contributed by atoms with Crippen LogP contribution in [0.25, 0.3) is 0 Å². The standard InChI is InChI=1S/C53H77NO19S4/c1-52(26-28-70-31-32-72-35-36-73-34-33-71-30-29-69-3)46(42(17-11-7-4-5-10-14-20-51(55)56)39-43-21-22-44(40-47(43)52)76(63,64)65)18-12-8-6-9-13-19-50-53(2,25-15-37-74(57,58)59)48-41-45(77(66,67)68)23-24-49(48)54(50)27-16-38-75(60,61)62/h6,8-9,12-13,18-19,21-24,40-41H,4-5,7,10-11,14-17,20,25-39H2,1-3H3,(H,55,56)(H,57,58,59)(H,60,61,62)(H,63,64,65)(H,66,67,68)/p-3/b8-6+,13-9+,18-12+,50-19+. The van der Waals surface area contributed by atoms with Crippen LogP contribution in [0.15, 0.2) is 106 Å². The maximum absolute atomic E-state index is 12.4. The molecule has 2 aliphatic rings. The molecular weight excluding hydrogens is 1080 g/mol. The van der Waals surface area contributed by atoms with Crippen LogP contribution in [-0.2, 0) is 86.2 Å². The average molecular weight is 1160 g/mol. The number of fused-ring (bicyclic) bond motifs is 2. The van der Waals surface area contributed by atoms with Crippen LogP contribution in [-0.4, -0.2) is 148 Å². The highest BCUT2D eigenvalue weighted by Crippen LogP contribution is 2.51. The largest absolute Gasteiger partial charge is 0.748 e. The minimum atomic E-state index is -4.94. The molecule has 432 valence electrons. The number of hydrogen-bond donors (Lipinski definition) is 2. The number of nitrogens with zero attached hydrogens (tertiary/aromatic N) is 1. The van der Waals surface area contributed by atoms with Crippen LogP contribution in [0.1, 0.15) is 108 Å². The first-order valence-corrected chi connectivity index (χ1v) is 31.6. The van der Waals surface area contributed by atoms with Crippen LogP contribution in [0, 0.1) is 0 Å². The summed E-state index contributed by atoms with van der Waals surface area (Å²) >= 11 is 0. The molecule has 0 bridgehead atoms. The number of rotatable bonds is 38. The number of carbonyl (C=O) groups is 1. The third-order valence-corrected chi connectivity index (χ3v) is 16.8. The topological polar surface area (TPSA) is 313 Å². The van der Waals surface area contributed by atoms with Gasteiger partial charge in [-0.15, -0.1) is 0 Å². The average Bonchev–Trinajstić information content (AvgIpc) is 3.57. The van der Waals surface area contributed by atoms with Crippen molar-refractivity contribution in [3.63, 3.8) is 0 Å². The van der Waals surface area contributed by atoms with Gasteiger partial charge in [0.25, 0.3) is 10.1 Å². The van der Waals surface area contributed by atoms with Crippen molar-refractivity contribution >= 4 is 52.1 Å². The monoisotopic (exact) mass is 1160 g/mol. The molecule has 20 nitrogen and oxygen atoms in total. The van der Waals surface area contributed by atoms with Crippen LogP contribution in [0.4, 0.5) is 5.69 Å². The third kappa shape index (κ3) is 21.8. The summed E-state index contributed by atoms with van der Waals surface area (Å²) in [6.07, 6.45) is 18.9. The highest BCUT2D eigenvalue weighted by Gasteiger charge is 2.43. The van der Waals surface area contributed by atoms with E-state index in [0.717, 1.165) is 54.9 Å². The number of aliphatic carboxylic acids is 1. The molecule has 0 amide bonds. The molecule has 77 heavy (non-hydrogen) atoms. The van der Waals surface area contributed by atoms with E-state index in [1.54, 1.807) is 55.4 Å². The molecule has 0 fully saturated rings. The molecule has 0 radical (unpaired) electrons. The van der Waals surface area contributed by atoms with Gasteiger partial charge in [-0.05, 0) is 117 Å². The number of ether oxygens (including phenoxy) is 5. The lowest BCUT2D eigenvalue weighted by atomic mass is 9.65.